The molecule has 6 nitrogen and oxygen atoms in total. The van der Waals surface area contributed by atoms with Gasteiger partial charge in [-0.1, -0.05) is 63.2 Å². The standard InChI is InChI=1S/C29H30N6.C2H6.C2H2/c1-3-17(2)30-15-27-31-14-25(32-27)19-6-4-18(5-7-19)20-8-10-23-21(12-20)9-11-24-28(23)34-29(33-24)26-13-22-16-35(22)26;2*1-2/h4-12,14,17,22,26,30H,3,13,15-16H2,1-2H3,(H,31,32)(H,33,34);1-2H3;1-2H/t17?,22-,26-,35?;;/m0../s1. The molecule has 200 valence electrons. The van der Waals surface area contributed by atoms with Crippen LogP contribution in [0.3, 0.4) is 0 Å². The molecule has 0 radical (unpaired) electrons. The normalized spacial score (nSPS) is 19.7. The Bertz CT molecular complexity index is 1570. The van der Waals surface area contributed by atoms with Crippen molar-refractivity contribution >= 4 is 21.8 Å². The molecule has 0 saturated carbocycles. The molecule has 3 N–H and O–H groups in total. The molecule has 39 heavy (non-hydrogen) atoms. The molecule has 7 rings (SSSR count). The van der Waals surface area contributed by atoms with Gasteiger partial charge < -0.3 is 15.3 Å². The van der Waals surface area contributed by atoms with Crippen LogP contribution < -0.4 is 5.32 Å². The summed E-state index contributed by atoms with van der Waals surface area (Å²) in [7, 11) is 0. The first-order valence-corrected chi connectivity index (χ1v) is 14.1. The fourth-order valence-corrected chi connectivity index (χ4v) is 5.33. The zero-order valence-corrected chi connectivity index (χ0v) is 23.3. The Balaban J connectivity index is 0.000000738. The number of hydrogen-bond acceptors (Lipinski definition) is 4. The second kappa shape index (κ2) is 11.4. The fraction of sp³-hybridized carbons (Fsp3) is 0.333. The van der Waals surface area contributed by atoms with E-state index in [-0.39, 0.29) is 0 Å². The van der Waals surface area contributed by atoms with E-state index in [4.69, 9.17) is 4.98 Å². The minimum Gasteiger partial charge on any atom is -0.341 e. The Morgan fingerprint density at radius 3 is 2.44 bits per heavy atom. The summed E-state index contributed by atoms with van der Waals surface area (Å²) in [5.41, 5.74) is 6.84. The Hall–Kier alpha value is -3.92. The van der Waals surface area contributed by atoms with Crippen LogP contribution in [0.2, 0.25) is 0 Å². The first-order valence-electron chi connectivity index (χ1n) is 14.1. The Labute approximate surface area is 231 Å². The number of terminal acetylenes is 1. The summed E-state index contributed by atoms with van der Waals surface area (Å²) in [4.78, 5) is 19.1. The van der Waals surface area contributed by atoms with E-state index in [2.05, 4.69) is 106 Å². The summed E-state index contributed by atoms with van der Waals surface area (Å²) in [6.07, 6.45) is 12.3. The molecule has 2 aliphatic rings. The second-order valence-electron chi connectivity index (χ2n) is 10.1. The Morgan fingerprint density at radius 2 is 1.74 bits per heavy atom. The monoisotopic (exact) mass is 518 g/mol. The lowest BCUT2D eigenvalue weighted by Crippen LogP contribution is -2.25. The average molecular weight is 519 g/mol. The van der Waals surface area contributed by atoms with Crippen LogP contribution in [0, 0.1) is 12.8 Å². The van der Waals surface area contributed by atoms with E-state index in [0.29, 0.717) is 12.1 Å². The number of hydrogen-bond donors (Lipinski definition) is 3. The van der Waals surface area contributed by atoms with Gasteiger partial charge in [-0.3, -0.25) is 4.90 Å². The number of aromatic nitrogens is 4. The molecule has 2 saturated heterocycles. The molecule has 0 bridgehead atoms. The Kier molecular flexibility index (Phi) is 7.83. The molecule has 2 aliphatic heterocycles. The van der Waals surface area contributed by atoms with Crippen LogP contribution in [0.5, 0.6) is 0 Å². The van der Waals surface area contributed by atoms with Crippen molar-refractivity contribution in [1.82, 2.24) is 30.2 Å². The second-order valence-corrected chi connectivity index (χ2v) is 10.1. The molecular formula is C33H38N6. The zero-order chi connectivity index (χ0) is 27.5. The van der Waals surface area contributed by atoms with Crippen LogP contribution in [-0.2, 0) is 6.54 Å². The van der Waals surface area contributed by atoms with Crippen molar-refractivity contribution in [3.8, 4) is 35.2 Å². The molecule has 2 unspecified atom stereocenters. The highest BCUT2D eigenvalue weighted by Gasteiger charge is 2.52. The highest BCUT2D eigenvalue weighted by molar-refractivity contribution is 6.05. The van der Waals surface area contributed by atoms with Crippen molar-refractivity contribution in [3.63, 3.8) is 0 Å². The van der Waals surface area contributed by atoms with Crippen LogP contribution in [0.15, 0.2) is 60.8 Å². The molecular weight excluding hydrogens is 480 g/mol. The van der Waals surface area contributed by atoms with Crippen LogP contribution >= 0.6 is 0 Å². The number of imidazole rings is 2. The van der Waals surface area contributed by atoms with Crippen molar-refractivity contribution in [3.05, 3.63) is 72.4 Å². The molecule has 0 spiro atoms. The molecule has 4 heterocycles. The van der Waals surface area contributed by atoms with E-state index in [1.165, 1.54) is 34.9 Å². The van der Waals surface area contributed by atoms with Crippen molar-refractivity contribution in [2.75, 3.05) is 6.54 Å². The van der Waals surface area contributed by atoms with E-state index in [9.17, 15) is 0 Å². The zero-order valence-electron chi connectivity index (χ0n) is 23.3. The number of benzene rings is 3. The van der Waals surface area contributed by atoms with Gasteiger partial charge in [0.15, 0.2) is 0 Å². The third-order valence-electron chi connectivity index (χ3n) is 7.84. The first-order chi connectivity index (χ1) is 19.2. The molecule has 6 heteroatoms. The molecule has 5 aromatic rings. The van der Waals surface area contributed by atoms with Crippen molar-refractivity contribution in [1.29, 1.82) is 0 Å². The molecule has 2 fully saturated rings. The summed E-state index contributed by atoms with van der Waals surface area (Å²) in [6, 6.07) is 21.6. The third kappa shape index (κ3) is 5.21. The third-order valence-corrected chi connectivity index (χ3v) is 7.84. The van der Waals surface area contributed by atoms with Crippen LogP contribution in [0.25, 0.3) is 44.2 Å². The first kappa shape index (κ1) is 26.7. The molecule has 2 aromatic heterocycles. The summed E-state index contributed by atoms with van der Waals surface area (Å²) < 4.78 is 0. The van der Waals surface area contributed by atoms with Gasteiger partial charge in [-0.15, -0.1) is 12.8 Å². The van der Waals surface area contributed by atoms with E-state index in [1.807, 2.05) is 20.0 Å². The number of nitrogens with zero attached hydrogens (tertiary/aromatic N) is 3. The number of aromatic amines is 2. The summed E-state index contributed by atoms with van der Waals surface area (Å²) in [5.74, 6) is 2.09. The predicted octanol–water partition coefficient (Wildman–Crippen LogP) is 7.07. The minimum atomic E-state index is 0.488. The number of fused-ring (bicyclic) bond motifs is 4. The maximum absolute atomic E-state index is 5.01. The maximum atomic E-state index is 5.01. The van der Waals surface area contributed by atoms with Gasteiger partial charge in [-0.05, 0) is 54.0 Å². The fourth-order valence-electron chi connectivity index (χ4n) is 5.33. The predicted molar refractivity (Wildman–Crippen MR) is 162 cm³/mol. The van der Waals surface area contributed by atoms with Gasteiger partial charge in [0.05, 0.1) is 35.5 Å². The number of nitrogens with one attached hydrogen (secondary N) is 3. The van der Waals surface area contributed by atoms with Crippen molar-refractivity contribution < 1.29 is 0 Å². The van der Waals surface area contributed by atoms with Gasteiger partial charge in [0, 0.05) is 24.0 Å². The SMILES string of the molecule is C#C.CC.CCC(C)NCc1ncc(-c2ccc(-c3ccc4c(ccc5[nH]c([C@@H]6C[C@H]7CN76)nc54)c3)cc2)[nH]1. The molecule has 0 amide bonds. The van der Waals surface area contributed by atoms with Crippen LogP contribution in [-0.4, -0.2) is 43.5 Å². The van der Waals surface area contributed by atoms with Crippen LogP contribution in [0.4, 0.5) is 0 Å². The summed E-state index contributed by atoms with van der Waals surface area (Å²) in [5, 5.41) is 5.92. The van der Waals surface area contributed by atoms with E-state index in [0.717, 1.165) is 52.9 Å². The molecule has 0 aliphatic carbocycles. The lowest BCUT2D eigenvalue weighted by Gasteiger charge is -2.24. The van der Waals surface area contributed by atoms with E-state index >= 15 is 0 Å². The Morgan fingerprint density at radius 1 is 1.00 bits per heavy atom. The minimum absolute atomic E-state index is 0.488. The summed E-state index contributed by atoms with van der Waals surface area (Å²) in [6.45, 7) is 10.4. The van der Waals surface area contributed by atoms with Gasteiger partial charge in [0.2, 0.25) is 0 Å². The van der Waals surface area contributed by atoms with Crippen molar-refractivity contribution in [2.24, 2.45) is 0 Å². The number of rotatable bonds is 7. The highest BCUT2D eigenvalue weighted by Crippen LogP contribution is 2.48. The average Bonchev–Trinajstić information content (AvgIpc) is 3.33. The highest BCUT2D eigenvalue weighted by atomic mass is 15.4. The summed E-state index contributed by atoms with van der Waals surface area (Å²) >= 11 is 0. The maximum Gasteiger partial charge on any atom is 0.124 e. The van der Waals surface area contributed by atoms with Gasteiger partial charge in [0.25, 0.3) is 0 Å². The van der Waals surface area contributed by atoms with Gasteiger partial charge in [-0.2, -0.15) is 0 Å². The quantitative estimate of drug-likeness (QED) is 0.159. The van der Waals surface area contributed by atoms with Gasteiger partial charge in [0.1, 0.15) is 11.6 Å². The smallest absolute Gasteiger partial charge is 0.124 e. The van der Waals surface area contributed by atoms with E-state index in [1.54, 1.807) is 0 Å². The van der Waals surface area contributed by atoms with Crippen molar-refractivity contribution in [2.45, 2.75) is 65.2 Å². The topological polar surface area (TPSA) is 72.4 Å². The van der Waals surface area contributed by atoms with Crippen LogP contribution in [0.1, 0.15) is 58.2 Å². The van der Waals surface area contributed by atoms with Gasteiger partial charge in [-0.25, -0.2) is 9.97 Å². The lowest BCUT2D eigenvalue weighted by molar-refractivity contribution is 0.245. The molecule has 4 atom stereocenters. The lowest BCUT2D eigenvalue weighted by atomic mass is 9.99. The largest absolute Gasteiger partial charge is 0.341 e. The molecule has 3 aromatic carbocycles. The van der Waals surface area contributed by atoms with E-state index < -0.39 is 0 Å². The number of H-pyrrole nitrogens is 2. The van der Waals surface area contributed by atoms with Gasteiger partial charge >= 0.3 is 0 Å².